The Morgan fingerprint density at radius 1 is 1.32 bits per heavy atom. The Morgan fingerprint density at radius 2 is 2.05 bits per heavy atom. The summed E-state index contributed by atoms with van der Waals surface area (Å²) >= 11 is 0. The maximum Gasteiger partial charge on any atom is 0.289 e. The molecule has 22 heavy (non-hydrogen) atoms. The van der Waals surface area contributed by atoms with Crippen LogP contribution in [-0.2, 0) is 0 Å². The van der Waals surface area contributed by atoms with Gasteiger partial charge in [-0.2, -0.15) is 0 Å². The van der Waals surface area contributed by atoms with Gasteiger partial charge in [-0.1, -0.05) is 18.2 Å². The molecule has 1 saturated heterocycles. The monoisotopic (exact) mass is 300 g/mol. The molecule has 1 aromatic heterocycles. The van der Waals surface area contributed by atoms with Gasteiger partial charge in [-0.15, -0.1) is 0 Å². The molecule has 1 aromatic carbocycles. The predicted octanol–water partition coefficient (Wildman–Crippen LogP) is 3.20. The number of hydrogen-bond donors (Lipinski definition) is 1. The zero-order valence-electron chi connectivity index (χ0n) is 13.4. The standard InChI is InChI=1S/C18H24N2O2/c1-13-15-5-3-4-6-16(15)22-17(13)18(21)20-11-8-14(9-12-20)7-10-19-2/h3-6,14,19H,7-12H2,1-2H3. The number of carbonyl (C=O) groups is 1. The number of likely N-dealkylation sites (tertiary alicyclic amines) is 1. The fourth-order valence-electron chi connectivity index (χ4n) is 3.30. The molecule has 2 heterocycles. The zero-order chi connectivity index (χ0) is 15.5. The normalized spacial score (nSPS) is 16.4. The van der Waals surface area contributed by atoms with Crippen molar-refractivity contribution in [3.05, 3.63) is 35.6 Å². The van der Waals surface area contributed by atoms with Gasteiger partial charge in [0.05, 0.1) is 0 Å². The van der Waals surface area contributed by atoms with Crippen LogP contribution in [0.4, 0.5) is 0 Å². The lowest BCUT2D eigenvalue weighted by atomic mass is 9.93. The van der Waals surface area contributed by atoms with Crippen LogP contribution in [0.25, 0.3) is 11.0 Å². The largest absolute Gasteiger partial charge is 0.451 e. The quantitative estimate of drug-likeness (QED) is 0.943. The molecule has 0 saturated carbocycles. The first-order chi connectivity index (χ1) is 10.7. The van der Waals surface area contributed by atoms with Crippen LogP contribution in [0.1, 0.15) is 35.4 Å². The van der Waals surface area contributed by atoms with Gasteiger partial charge in [0, 0.05) is 24.0 Å². The van der Waals surface area contributed by atoms with Gasteiger partial charge >= 0.3 is 0 Å². The molecule has 1 aliphatic rings. The van der Waals surface area contributed by atoms with Crippen LogP contribution < -0.4 is 5.32 Å². The second-order valence-corrected chi connectivity index (χ2v) is 6.18. The maximum absolute atomic E-state index is 12.7. The van der Waals surface area contributed by atoms with Crippen molar-refractivity contribution >= 4 is 16.9 Å². The van der Waals surface area contributed by atoms with Crippen molar-refractivity contribution < 1.29 is 9.21 Å². The third-order valence-corrected chi connectivity index (χ3v) is 4.74. The highest BCUT2D eigenvalue weighted by molar-refractivity contribution is 5.98. The van der Waals surface area contributed by atoms with Crippen LogP contribution in [0.2, 0.25) is 0 Å². The summed E-state index contributed by atoms with van der Waals surface area (Å²) in [6.07, 6.45) is 3.38. The number of aryl methyl sites for hydroxylation is 1. The van der Waals surface area contributed by atoms with Gasteiger partial charge < -0.3 is 14.6 Å². The molecule has 0 atom stereocenters. The van der Waals surface area contributed by atoms with Crippen LogP contribution >= 0.6 is 0 Å². The first kappa shape index (κ1) is 15.1. The van der Waals surface area contributed by atoms with Crippen LogP contribution in [0, 0.1) is 12.8 Å². The summed E-state index contributed by atoms with van der Waals surface area (Å²) in [7, 11) is 1.99. The minimum absolute atomic E-state index is 0.0424. The lowest BCUT2D eigenvalue weighted by molar-refractivity contribution is 0.0656. The molecular formula is C18H24N2O2. The Kier molecular flexibility index (Phi) is 4.48. The Morgan fingerprint density at radius 3 is 2.73 bits per heavy atom. The van der Waals surface area contributed by atoms with Gasteiger partial charge in [-0.3, -0.25) is 4.79 Å². The van der Waals surface area contributed by atoms with E-state index < -0.39 is 0 Å². The number of amides is 1. The first-order valence-electron chi connectivity index (χ1n) is 8.12. The van der Waals surface area contributed by atoms with Gasteiger partial charge in [0.1, 0.15) is 5.58 Å². The number of benzene rings is 1. The minimum atomic E-state index is 0.0424. The number of furan rings is 1. The van der Waals surface area contributed by atoms with E-state index in [9.17, 15) is 4.79 Å². The summed E-state index contributed by atoms with van der Waals surface area (Å²) < 4.78 is 5.80. The maximum atomic E-state index is 12.7. The summed E-state index contributed by atoms with van der Waals surface area (Å²) in [5.74, 6) is 1.28. The van der Waals surface area contributed by atoms with Crippen molar-refractivity contribution in [1.29, 1.82) is 0 Å². The molecule has 1 fully saturated rings. The second kappa shape index (κ2) is 6.53. The van der Waals surface area contributed by atoms with E-state index in [2.05, 4.69) is 5.32 Å². The third kappa shape index (κ3) is 2.88. The number of rotatable bonds is 4. The van der Waals surface area contributed by atoms with E-state index in [1.165, 1.54) is 6.42 Å². The van der Waals surface area contributed by atoms with E-state index in [-0.39, 0.29) is 5.91 Å². The number of nitrogens with one attached hydrogen (secondary N) is 1. The SMILES string of the molecule is CNCCC1CCN(C(=O)c2oc3ccccc3c2C)CC1. The molecule has 1 N–H and O–H groups in total. The number of hydrogen-bond acceptors (Lipinski definition) is 3. The lowest BCUT2D eigenvalue weighted by Gasteiger charge is -2.31. The number of nitrogens with zero attached hydrogens (tertiary/aromatic N) is 1. The van der Waals surface area contributed by atoms with Gasteiger partial charge in [-0.25, -0.2) is 0 Å². The molecular weight excluding hydrogens is 276 g/mol. The van der Waals surface area contributed by atoms with Gasteiger partial charge in [-0.05, 0) is 51.8 Å². The van der Waals surface area contributed by atoms with E-state index in [4.69, 9.17) is 4.42 Å². The van der Waals surface area contributed by atoms with Gasteiger partial charge in [0.15, 0.2) is 5.76 Å². The van der Waals surface area contributed by atoms with Crippen molar-refractivity contribution in [2.75, 3.05) is 26.7 Å². The summed E-state index contributed by atoms with van der Waals surface area (Å²) in [6, 6.07) is 7.84. The highest BCUT2D eigenvalue weighted by Gasteiger charge is 2.27. The summed E-state index contributed by atoms with van der Waals surface area (Å²) in [4.78, 5) is 14.7. The smallest absolute Gasteiger partial charge is 0.289 e. The Labute approximate surface area is 131 Å². The average molecular weight is 300 g/mol. The molecule has 0 bridgehead atoms. The van der Waals surface area contributed by atoms with E-state index in [0.29, 0.717) is 5.76 Å². The highest BCUT2D eigenvalue weighted by Crippen LogP contribution is 2.28. The molecule has 0 radical (unpaired) electrons. The van der Waals surface area contributed by atoms with Gasteiger partial charge in [0.2, 0.25) is 0 Å². The fourth-order valence-corrected chi connectivity index (χ4v) is 3.30. The van der Waals surface area contributed by atoms with Crippen molar-refractivity contribution in [3.8, 4) is 0 Å². The van der Waals surface area contributed by atoms with Gasteiger partial charge in [0.25, 0.3) is 5.91 Å². The molecule has 0 spiro atoms. The summed E-state index contributed by atoms with van der Waals surface area (Å²) in [5, 5.41) is 4.24. The molecule has 0 aliphatic carbocycles. The number of fused-ring (bicyclic) bond motifs is 1. The zero-order valence-corrected chi connectivity index (χ0v) is 13.4. The van der Waals surface area contributed by atoms with E-state index >= 15 is 0 Å². The predicted molar refractivity (Wildman–Crippen MR) is 88.1 cm³/mol. The van der Waals surface area contributed by atoms with Crippen molar-refractivity contribution in [3.63, 3.8) is 0 Å². The molecule has 4 nitrogen and oxygen atoms in total. The Hall–Kier alpha value is -1.81. The molecule has 1 aliphatic heterocycles. The third-order valence-electron chi connectivity index (χ3n) is 4.74. The molecule has 118 valence electrons. The van der Waals surface area contributed by atoms with E-state index in [1.807, 2.05) is 43.1 Å². The van der Waals surface area contributed by atoms with Crippen molar-refractivity contribution in [1.82, 2.24) is 10.2 Å². The Balaban J connectivity index is 1.70. The summed E-state index contributed by atoms with van der Waals surface area (Å²) in [5.41, 5.74) is 1.75. The second-order valence-electron chi connectivity index (χ2n) is 6.18. The average Bonchev–Trinajstić information content (AvgIpc) is 2.90. The lowest BCUT2D eigenvalue weighted by Crippen LogP contribution is -2.39. The van der Waals surface area contributed by atoms with E-state index in [1.54, 1.807) is 0 Å². The first-order valence-corrected chi connectivity index (χ1v) is 8.12. The van der Waals surface area contributed by atoms with Crippen LogP contribution in [0.5, 0.6) is 0 Å². The van der Waals surface area contributed by atoms with Crippen LogP contribution in [-0.4, -0.2) is 37.5 Å². The number of para-hydroxylation sites is 1. The molecule has 1 amide bonds. The highest BCUT2D eigenvalue weighted by atomic mass is 16.3. The van der Waals surface area contributed by atoms with Crippen LogP contribution in [0.3, 0.4) is 0 Å². The summed E-state index contributed by atoms with van der Waals surface area (Å²) in [6.45, 7) is 4.70. The molecule has 4 heteroatoms. The topological polar surface area (TPSA) is 45.5 Å². The molecule has 2 aromatic rings. The van der Waals surface area contributed by atoms with Crippen molar-refractivity contribution in [2.45, 2.75) is 26.2 Å². The molecule has 3 rings (SSSR count). The Bertz CT molecular complexity index is 654. The number of carbonyl (C=O) groups excluding carboxylic acids is 1. The number of piperidine rings is 1. The molecule has 0 unspecified atom stereocenters. The fraction of sp³-hybridized carbons (Fsp3) is 0.500. The minimum Gasteiger partial charge on any atom is -0.451 e. The van der Waals surface area contributed by atoms with Crippen LogP contribution in [0.15, 0.2) is 28.7 Å². The van der Waals surface area contributed by atoms with E-state index in [0.717, 1.165) is 54.9 Å². The van der Waals surface area contributed by atoms with Crippen molar-refractivity contribution in [2.24, 2.45) is 5.92 Å².